The summed E-state index contributed by atoms with van der Waals surface area (Å²) in [4.78, 5) is 42.8. The summed E-state index contributed by atoms with van der Waals surface area (Å²) in [7, 11) is 0. The van der Waals surface area contributed by atoms with Crippen molar-refractivity contribution in [3.05, 3.63) is 114 Å². The number of nitrogens with one attached hydrogen (secondary N) is 2. The Kier molecular flexibility index (Phi) is 8.26. The predicted octanol–water partition coefficient (Wildman–Crippen LogP) is 6.63. The van der Waals surface area contributed by atoms with E-state index in [1.54, 1.807) is 6.20 Å². The average molecular weight is 632 g/mol. The molecule has 2 N–H and O–H groups in total. The molecule has 6 aromatic rings. The number of anilines is 3. The van der Waals surface area contributed by atoms with E-state index in [1.165, 1.54) is 11.3 Å². The van der Waals surface area contributed by atoms with Gasteiger partial charge in [0, 0.05) is 64.9 Å². The lowest BCUT2D eigenvalue weighted by molar-refractivity contribution is -0.115. The maximum absolute atomic E-state index is 13.1. The summed E-state index contributed by atoms with van der Waals surface area (Å²) in [6.07, 6.45) is 3.98. The highest BCUT2D eigenvalue weighted by Gasteiger charge is 2.21. The third-order valence-corrected chi connectivity index (χ3v) is 9.15. The van der Waals surface area contributed by atoms with E-state index >= 15 is 0 Å². The van der Waals surface area contributed by atoms with Crippen LogP contribution in [-0.4, -0.2) is 60.7 Å². The Labute approximate surface area is 268 Å². The van der Waals surface area contributed by atoms with Crippen LogP contribution in [-0.2, 0) is 11.2 Å². The van der Waals surface area contributed by atoms with Crippen LogP contribution in [0.2, 0.25) is 0 Å². The van der Waals surface area contributed by atoms with Crippen LogP contribution in [0.25, 0.3) is 27.6 Å². The summed E-state index contributed by atoms with van der Waals surface area (Å²) >= 11 is 3.41. The second kappa shape index (κ2) is 12.9. The Balaban J connectivity index is 1.15. The minimum atomic E-state index is -0.0865. The number of aromatic nitrogens is 4. The molecule has 0 aliphatic carbocycles. The van der Waals surface area contributed by atoms with E-state index in [2.05, 4.69) is 15.6 Å². The second-order valence-electron chi connectivity index (χ2n) is 10.5. The zero-order valence-corrected chi connectivity index (χ0v) is 25.9. The minimum absolute atomic E-state index is 0.0378. The molecule has 45 heavy (non-hydrogen) atoms. The molecule has 1 aliphatic rings. The van der Waals surface area contributed by atoms with Gasteiger partial charge >= 0.3 is 0 Å². The first-order chi connectivity index (χ1) is 22.1. The van der Waals surface area contributed by atoms with Crippen LogP contribution < -0.4 is 10.6 Å². The van der Waals surface area contributed by atoms with Crippen LogP contribution in [0.3, 0.4) is 0 Å². The SMILES string of the molecule is O=C(Cc1ccccc1)Nc1cccc(-c2nc3sccn3c2-c2ccnc(Nc3cccc(C(=O)N4CCSCC4)c3)n2)c1. The third kappa shape index (κ3) is 6.45. The quantitative estimate of drug-likeness (QED) is 0.194. The molecule has 0 bridgehead atoms. The van der Waals surface area contributed by atoms with Gasteiger partial charge in [0.15, 0.2) is 4.96 Å². The second-order valence-corrected chi connectivity index (χ2v) is 12.6. The number of fused-ring (bicyclic) bond motifs is 1. The summed E-state index contributed by atoms with van der Waals surface area (Å²) in [5.74, 6) is 2.29. The normalized spacial score (nSPS) is 13.1. The van der Waals surface area contributed by atoms with Crippen molar-refractivity contribution in [3.8, 4) is 22.6 Å². The molecule has 1 aliphatic heterocycles. The standard InChI is InChI=1S/C34H29N7O2S2/c42-29(20-23-6-2-1-3-7-23)36-26-10-4-8-24(21-26)30-31(41-16-19-45-34(41)39-30)28-12-13-35-33(38-28)37-27-11-5-9-25(22-27)32(43)40-14-17-44-18-15-40/h1-13,16,19,21-22H,14-15,17-18,20H2,(H,36,42)(H,35,37,38). The Morgan fingerprint density at radius 3 is 2.56 bits per heavy atom. The molecular formula is C34H29N7O2S2. The minimum Gasteiger partial charge on any atom is -0.337 e. The van der Waals surface area contributed by atoms with E-state index in [0.29, 0.717) is 29.3 Å². The van der Waals surface area contributed by atoms with E-state index in [-0.39, 0.29) is 11.8 Å². The van der Waals surface area contributed by atoms with Crippen LogP contribution in [0.15, 0.2) is 103 Å². The molecule has 9 nitrogen and oxygen atoms in total. The Bertz CT molecular complexity index is 1980. The summed E-state index contributed by atoms with van der Waals surface area (Å²) in [6.45, 7) is 1.53. The number of thioether (sulfide) groups is 1. The molecule has 0 unspecified atom stereocenters. The van der Waals surface area contributed by atoms with E-state index in [9.17, 15) is 9.59 Å². The summed E-state index contributed by atoms with van der Waals surface area (Å²) in [5.41, 5.74) is 6.12. The lowest BCUT2D eigenvalue weighted by Crippen LogP contribution is -2.37. The van der Waals surface area contributed by atoms with Crippen molar-refractivity contribution in [2.24, 2.45) is 0 Å². The molecule has 3 aromatic heterocycles. The zero-order valence-electron chi connectivity index (χ0n) is 24.2. The van der Waals surface area contributed by atoms with Crippen molar-refractivity contribution in [1.82, 2.24) is 24.3 Å². The van der Waals surface area contributed by atoms with Gasteiger partial charge < -0.3 is 15.5 Å². The highest BCUT2D eigenvalue weighted by Crippen LogP contribution is 2.35. The molecule has 1 saturated heterocycles. The van der Waals surface area contributed by atoms with E-state index in [4.69, 9.17) is 9.97 Å². The molecule has 0 radical (unpaired) electrons. The molecule has 1 fully saturated rings. The van der Waals surface area contributed by atoms with Gasteiger partial charge in [-0.25, -0.2) is 15.0 Å². The maximum Gasteiger partial charge on any atom is 0.253 e. The first-order valence-electron chi connectivity index (χ1n) is 14.6. The molecule has 4 heterocycles. The van der Waals surface area contributed by atoms with Gasteiger partial charge in [0.2, 0.25) is 11.9 Å². The largest absolute Gasteiger partial charge is 0.337 e. The summed E-state index contributed by atoms with van der Waals surface area (Å²) in [6, 6.07) is 26.7. The van der Waals surface area contributed by atoms with Gasteiger partial charge in [-0.05, 0) is 42.0 Å². The van der Waals surface area contributed by atoms with E-state index < -0.39 is 0 Å². The molecule has 0 saturated carbocycles. The van der Waals surface area contributed by atoms with Crippen LogP contribution in [0.4, 0.5) is 17.3 Å². The van der Waals surface area contributed by atoms with Crippen molar-refractivity contribution in [1.29, 1.82) is 0 Å². The average Bonchev–Trinajstić information content (AvgIpc) is 3.68. The molecule has 2 amide bonds. The Morgan fingerprint density at radius 1 is 0.867 bits per heavy atom. The Hall–Kier alpha value is -5.00. The number of hydrogen-bond donors (Lipinski definition) is 2. The number of nitrogens with zero attached hydrogens (tertiary/aromatic N) is 5. The fourth-order valence-electron chi connectivity index (χ4n) is 5.32. The summed E-state index contributed by atoms with van der Waals surface area (Å²) < 4.78 is 2.02. The monoisotopic (exact) mass is 631 g/mol. The number of rotatable bonds is 8. The molecule has 7 rings (SSSR count). The number of carbonyl (C=O) groups excluding carboxylic acids is 2. The molecule has 11 heteroatoms. The van der Waals surface area contributed by atoms with E-state index in [1.807, 2.05) is 118 Å². The van der Waals surface area contributed by atoms with Gasteiger partial charge in [-0.3, -0.25) is 14.0 Å². The van der Waals surface area contributed by atoms with Crippen molar-refractivity contribution in [2.75, 3.05) is 35.2 Å². The van der Waals surface area contributed by atoms with Gasteiger partial charge in [0.1, 0.15) is 5.69 Å². The number of thiazole rings is 1. The number of imidazole rings is 1. The first-order valence-corrected chi connectivity index (χ1v) is 16.6. The van der Waals surface area contributed by atoms with Gasteiger partial charge in [-0.1, -0.05) is 48.5 Å². The summed E-state index contributed by atoms with van der Waals surface area (Å²) in [5, 5.41) is 8.29. The lowest BCUT2D eigenvalue weighted by Gasteiger charge is -2.26. The van der Waals surface area contributed by atoms with Crippen LogP contribution in [0.1, 0.15) is 15.9 Å². The zero-order chi connectivity index (χ0) is 30.6. The van der Waals surface area contributed by atoms with Crippen LogP contribution in [0, 0.1) is 0 Å². The van der Waals surface area contributed by atoms with Gasteiger partial charge in [-0.2, -0.15) is 11.8 Å². The smallest absolute Gasteiger partial charge is 0.253 e. The van der Waals surface area contributed by atoms with Crippen molar-refractivity contribution < 1.29 is 9.59 Å². The molecular weight excluding hydrogens is 603 g/mol. The van der Waals surface area contributed by atoms with Gasteiger partial charge in [0.05, 0.1) is 17.8 Å². The van der Waals surface area contributed by atoms with Crippen LogP contribution >= 0.6 is 23.1 Å². The molecule has 0 atom stereocenters. The fourth-order valence-corrected chi connectivity index (χ4v) is 6.94. The molecule has 224 valence electrons. The number of amides is 2. The van der Waals surface area contributed by atoms with Crippen LogP contribution in [0.5, 0.6) is 0 Å². The van der Waals surface area contributed by atoms with Gasteiger partial charge in [-0.15, -0.1) is 11.3 Å². The predicted molar refractivity (Wildman–Crippen MR) is 181 cm³/mol. The maximum atomic E-state index is 13.1. The number of hydrogen-bond acceptors (Lipinski definition) is 8. The first kappa shape index (κ1) is 28.8. The molecule has 3 aromatic carbocycles. The number of benzene rings is 3. The van der Waals surface area contributed by atoms with Crippen molar-refractivity contribution in [2.45, 2.75) is 6.42 Å². The lowest BCUT2D eigenvalue weighted by atomic mass is 10.1. The van der Waals surface area contributed by atoms with E-state index in [0.717, 1.165) is 57.8 Å². The molecule has 0 spiro atoms. The van der Waals surface area contributed by atoms with Crippen molar-refractivity contribution in [3.63, 3.8) is 0 Å². The Morgan fingerprint density at radius 2 is 1.69 bits per heavy atom. The third-order valence-electron chi connectivity index (χ3n) is 7.45. The van der Waals surface area contributed by atoms with Crippen molar-refractivity contribution >= 4 is 57.2 Å². The topological polar surface area (TPSA) is 105 Å². The van der Waals surface area contributed by atoms with Gasteiger partial charge in [0.25, 0.3) is 5.91 Å². The number of carbonyl (C=O) groups is 2. The highest BCUT2D eigenvalue weighted by molar-refractivity contribution is 7.99. The highest BCUT2D eigenvalue weighted by atomic mass is 32.2. The fraction of sp³-hybridized carbons (Fsp3) is 0.147.